The zero-order valence-electron chi connectivity index (χ0n) is 15.1. The van der Waals surface area contributed by atoms with Crippen LogP contribution in [0.1, 0.15) is 22.3 Å². The third-order valence-corrected chi connectivity index (χ3v) is 4.61. The minimum absolute atomic E-state index is 0.207. The summed E-state index contributed by atoms with van der Waals surface area (Å²) in [6.45, 7) is 0.347. The summed E-state index contributed by atoms with van der Waals surface area (Å²) in [6, 6.07) is 21.4. The van der Waals surface area contributed by atoms with Gasteiger partial charge in [0.15, 0.2) is 12.4 Å². The van der Waals surface area contributed by atoms with E-state index < -0.39 is 0 Å². The second-order valence-corrected chi connectivity index (χ2v) is 6.57. The second kappa shape index (κ2) is 7.92. The van der Waals surface area contributed by atoms with Crippen LogP contribution in [-0.4, -0.2) is 24.3 Å². The summed E-state index contributed by atoms with van der Waals surface area (Å²) < 4.78 is 0.639. The van der Waals surface area contributed by atoms with Crippen LogP contribution in [0.2, 0.25) is 0 Å². The fourth-order valence-electron chi connectivity index (χ4n) is 3.07. The molecular formula is C22H19N3O3. The second-order valence-electron chi connectivity index (χ2n) is 6.57. The van der Waals surface area contributed by atoms with Crippen molar-refractivity contribution in [2.24, 2.45) is 5.16 Å². The zero-order valence-corrected chi connectivity index (χ0v) is 15.1. The van der Waals surface area contributed by atoms with Crippen LogP contribution in [0.15, 0.2) is 84.3 Å². The molecule has 6 nitrogen and oxygen atoms in total. The minimum Gasteiger partial charge on any atom is -0.619 e. The van der Waals surface area contributed by atoms with Crippen molar-refractivity contribution in [1.82, 2.24) is 5.32 Å². The van der Waals surface area contributed by atoms with E-state index in [4.69, 9.17) is 4.84 Å². The normalized spacial score (nSPS) is 15.6. The maximum atomic E-state index is 12.1. The highest BCUT2D eigenvalue weighted by Crippen LogP contribution is 2.22. The van der Waals surface area contributed by atoms with Crippen molar-refractivity contribution >= 4 is 11.6 Å². The summed E-state index contributed by atoms with van der Waals surface area (Å²) in [7, 11) is 0. The van der Waals surface area contributed by atoms with E-state index in [-0.39, 0.29) is 12.0 Å². The zero-order chi connectivity index (χ0) is 19.3. The average Bonchev–Trinajstić information content (AvgIpc) is 3.22. The van der Waals surface area contributed by atoms with Crippen molar-refractivity contribution in [2.75, 3.05) is 6.54 Å². The number of benzene rings is 2. The van der Waals surface area contributed by atoms with Crippen LogP contribution < -0.4 is 10.0 Å². The van der Waals surface area contributed by atoms with E-state index in [0.29, 0.717) is 23.3 Å². The van der Waals surface area contributed by atoms with Crippen LogP contribution in [-0.2, 0) is 4.84 Å². The number of carbonyl (C=O) groups excluding carboxylic acids is 1. The molecule has 0 saturated carbocycles. The van der Waals surface area contributed by atoms with E-state index >= 15 is 0 Å². The van der Waals surface area contributed by atoms with Gasteiger partial charge in [-0.15, -0.1) is 0 Å². The largest absolute Gasteiger partial charge is 0.619 e. The van der Waals surface area contributed by atoms with E-state index in [9.17, 15) is 10.0 Å². The molecule has 6 heteroatoms. The van der Waals surface area contributed by atoms with Gasteiger partial charge in [0.05, 0.1) is 17.8 Å². The Morgan fingerprint density at radius 2 is 1.64 bits per heavy atom. The monoisotopic (exact) mass is 373 g/mol. The van der Waals surface area contributed by atoms with Gasteiger partial charge in [0, 0.05) is 18.6 Å². The molecule has 0 bridgehead atoms. The maximum absolute atomic E-state index is 12.1. The predicted octanol–water partition coefficient (Wildman–Crippen LogP) is 2.91. The van der Waals surface area contributed by atoms with Crippen molar-refractivity contribution in [2.45, 2.75) is 12.5 Å². The van der Waals surface area contributed by atoms with Gasteiger partial charge < -0.3 is 15.4 Å². The molecular weight excluding hydrogens is 354 g/mol. The van der Waals surface area contributed by atoms with Gasteiger partial charge in [-0.05, 0) is 16.7 Å². The lowest BCUT2D eigenvalue weighted by atomic mass is 10.00. The summed E-state index contributed by atoms with van der Waals surface area (Å²) in [5.41, 5.74) is 4.63. The molecule has 140 valence electrons. The first kappa shape index (κ1) is 17.7. The molecule has 1 aromatic heterocycles. The Morgan fingerprint density at radius 3 is 2.36 bits per heavy atom. The van der Waals surface area contributed by atoms with E-state index in [1.165, 1.54) is 30.1 Å². The predicted molar refractivity (Wildman–Crippen MR) is 106 cm³/mol. The summed E-state index contributed by atoms with van der Waals surface area (Å²) >= 11 is 0. The van der Waals surface area contributed by atoms with Gasteiger partial charge in [0.2, 0.25) is 0 Å². The van der Waals surface area contributed by atoms with Crippen molar-refractivity contribution < 1.29 is 14.4 Å². The fraction of sp³-hybridized carbons (Fsp3) is 0.136. The van der Waals surface area contributed by atoms with Crippen LogP contribution in [0.3, 0.4) is 0 Å². The molecule has 0 aliphatic carbocycles. The maximum Gasteiger partial charge on any atom is 0.251 e. The average molecular weight is 373 g/mol. The molecule has 2 heterocycles. The molecule has 1 atom stereocenters. The first-order chi connectivity index (χ1) is 13.7. The van der Waals surface area contributed by atoms with Crippen LogP contribution in [0.25, 0.3) is 11.1 Å². The number of rotatable bonds is 5. The van der Waals surface area contributed by atoms with Crippen LogP contribution in [0, 0.1) is 5.21 Å². The fourth-order valence-corrected chi connectivity index (χ4v) is 3.07. The number of nitrogens with zero attached hydrogens (tertiary/aromatic N) is 2. The Morgan fingerprint density at radius 1 is 1.00 bits per heavy atom. The van der Waals surface area contributed by atoms with Gasteiger partial charge in [0.1, 0.15) is 6.10 Å². The highest BCUT2D eigenvalue weighted by atomic mass is 16.6. The molecule has 1 amide bonds. The Bertz CT molecular complexity index is 984. The molecule has 1 aliphatic rings. The van der Waals surface area contributed by atoms with Crippen LogP contribution >= 0.6 is 0 Å². The molecule has 1 N–H and O–H groups in total. The first-order valence-corrected chi connectivity index (χ1v) is 9.04. The molecule has 0 saturated heterocycles. The molecule has 0 spiro atoms. The van der Waals surface area contributed by atoms with Crippen molar-refractivity contribution in [3.63, 3.8) is 0 Å². The number of hydrogen-bond donors (Lipinski definition) is 1. The smallest absolute Gasteiger partial charge is 0.251 e. The van der Waals surface area contributed by atoms with Gasteiger partial charge in [-0.2, -0.15) is 4.73 Å². The lowest BCUT2D eigenvalue weighted by Gasteiger charge is -2.10. The molecule has 1 aliphatic heterocycles. The summed E-state index contributed by atoms with van der Waals surface area (Å²) in [6.07, 6.45) is 3.00. The molecule has 28 heavy (non-hydrogen) atoms. The number of nitrogens with one attached hydrogen (secondary N) is 1. The third-order valence-electron chi connectivity index (χ3n) is 4.61. The number of hydrogen-bond acceptors (Lipinski definition) is 4. The Kier molecular flexibility index (Phi) is 5.01. The number of pyridine rings is 1. The van der Waals surface area contributed by atoms with Gasteiger partial charge in [-0.3, -0.25) is 4.79 Å². The Balaban J connectivity index is 1.32. The molecule has 2 aromatic carbocycles. The summed E-state index contributed by atoms with van der Waals surface area (Å²) in [5.74, 6) is -0.245. The topological polar surface area (TPSA) is 77.6 Å². The number of carbonyl (C=O) groups is 1. The SMILES string of the molecule is O=C(NC[C@H]1CC(c2ccc(-c3ccccc3)cc2)=NO1)c1cc[n+]([O-])cc1. The van der Waals surface area contributed by atoms with Crippen molar-refractivity contribution in [3.8, 4) is 11.1 Å². The summed E-state index contributed by atoms with van der Waals surface area (Å²) in [4.78, 5) is 17.6. The van der Waals surface area contributed by atoms with Gasteiger partial charge in [0.25, 0.3) is 5.91 Å². The highest BCUT2D eigenvalue weighted by molar-refractivity contribution is 6.01. The van der Waals surface area contributed by atoms with Gasteiger partial charge in [-0.1, -0.05) is 59.8 Å². The van der Waals surface area contributed by atoms with E-state index in [1.54, 1.807) is 0 Å². The molecule has 4 rings (SSSR count). The third kappa shape index (κ3) is 4.01. The highest BCUT2D eigenvalue weighted by Gasteiger charge is 2.23. The molecule has 0 radical (unpaired) electrons. The van der Waals surface area contributed by atoms with Crippen molar-refractivity contribution in [3.05, 3.63) is 95.5 Å². The molecule has 3 aromatic rings. The lowest BCUT2D eigenvalue weighted by molar-refractivity contribution is -0.605. The van der Waals surface area contributed by atoms with E-state index in [2.05, 4.69) is 34.7 Å². The lowest BCUT2D eigenvalue weighted by Crippen LogP contribution is -2.33. The quantitative estimate of drug-likeness (QED) is 0.552. The van der Waals surface area contributed by atoms with Gasteiger partial charge in [-0.25, -0.2) is 0 Å². The number of amides is 1. The standard InChI is InChI=1S/C22H19N3O3/c26-22(19-10-12-25(27)13-11-19)23-15-20-14-21(24-28-20)18-8-6-17(7-9-18)16-4-2-1-3-5-16/h1-13,20H,14-15H2,(H,23,26)/t20-/m1/s1. The minimum atomic E-state index is -0.245. The van der Waals surface area contributed by atoms with E-state index in [1.807, 2.05) is 30.3 Å². The number of aromatic nitrogens is 1. The first-order valence-electron chi connectivity index (χ1n) is 9.04. The Hall–Kier alpha value is -3.67. The van der Waals surface area contributed by atoms with Gasteiger partial charge >= 0.3 is 0 Å². The van der Waals surface area contributed by atoms with E-state index in [0.717, 1.165) is 16.8 Å². The molecule has 0 fully saturated rings. The molecule has 0 unspecified atom stereocenters. The van der Waals surface area contributed by atoms with Crippen molar-refractivity contribution in [1.29, 1.82) is 0 Å². The van der Waals surface area contributed by atoms with Crippen LogP contribution in [0.5, 0.6) is 0 Å². The Labute approximate surface area is 162 Å². The summed E-state index contributed by atoms with van der Waals surface area (Å²) in [5, 5.41) is 18.0. The van der Waals surface area contributed by atoms with Crippen LogP contribution in [0.4, 0.5) is 0 Å². The number of oxime groups is 1.